The zero-order valence-corrected chi connectivity index (χ0v) is 10.6. The fourth-order valence-electron chi connectivity index (χ4n) is 2.24. The summed E-state index contributed by atoms with van der Waals surface area (Å²) >= 11 is 0. The second kappa shape index (κ2) is 4.50. The lowest BCUT2D eigenvalue weighted by molar-refractivity contribution is 0.0697. The van der Waals surface area contributed by atoms with Crippen LogP contribution in [0.2, 0.25) is 0 Å². The van der Waals surface area contributed by atoms with Gasteiger partial charge in [-0.2, -0.15) is 0 Å². The maximum atomic E-state index is 10.9. The van der Waals surface area contributed by atoms with Crippen LogP contribution in [0.4, 0.5) is 5.82 Å². The molecule has 1 fully saturated rings. The summed E-state index contributed by atoms with van der Waals surface area (Å²) in [5.74, 6) is 1.35. The van der Waals surface area contributed by atoms with Crippen LogP contribution in [0.15, 0.2) is 24.5 Å². The minimum Gasteiger partial charge on any atom is -0.478 e. The molecule has 0 spiro atoms. The van der Waals surface area contributed by atoms with Gasteiger partial charge in [-0.15, -0.1) is 0 Å². The number of benzene rings is 1. The Labute approximate surface area is 110 Å². The number of carboxylic acid groups (broad SMARTS) is 1. The van der Waals surface area contributed by atoms with E-state index < -0.39 is 5.97 Å². The molecule has 0 radical (unpaired) electrons. The van der Waals surface area contributed by atoms with Crippen LogP contribution in [0.3, 0.4) is 0 Å². The number of hydrogen-bond donors (Lipinski definition) is 2. The largest absolute Gasteiger partial charge is 0.478 e. The summed E-state index contributed by atoms with van der Waals surface area (Å²) in [7, 11) is 0. The van der Waals surface area contributed by atoms with Gasteiger partial charge in [0, 0.05) is 11.9 Å². The van der Waals surface area contributed by atoms with E-state index in [1.165, 1.54) is 12.7 Å². The lowest BCUT2D eigenvalue weighted by Gasteiger charge is -2.08. The third-order valence-corrected chi connectivity index (χ3v) is 3.69. The van der Waals surface area contributed by atoms with E-state index in [0.29, 0.717) is 5.52 Å². The molecular formula is C14H15N3O2. The highest BCUT2D eigenvalue weighted by Gasteiger charge is 2.32. The second-order valence-electron chi connectivity index (χ2n) is 5.11. The average molecular weight is 257 g/mol. The number of carbonyl (C=O) groups is 1. The van der Waals surface area contributed by atoms with Gasteiger partial charge in [0.2, 0.25) is 0 Å². The van der Waals surface area contributed by atoms with Crippen molar-refractivity contribution in [1.82, 2.24) is 9.97 Å². The smallest absolute Gasteiger partial charge is 0.335 e. The first kappa shape index (κ1) is 11.9. The lowest BCUT2D eigenvalue weighted by atomic mass is 10.1. The van der Waals surface area contributed by atoms with E-state index >= 15 is 0 Å². The highest BCUT2D eigenvalue weighted by molar-refractivity contribution is 5.96. The fraction of sp³-hybridized carbons (Fsp3) is 0.357. The predicted molar refractivity (Wildman–Crippen MR) is 72.3 cm³/mol. The number of hydrogen-bond acceptors (Lipinski definition) is 4. The number of carboxylic acids is 1. The van der Waals surface area contributed by atoms with Crippen LogP contribution < -0.4 is 5.32 Å². The molecule has 98 valence electrons. The molecule has 19 heavy (non-hydrogen) atoms. The van der Waals surface area contributed by atoms with Crippen molar-refractivity contribution < 1.29 is 9.90 Å². The van der Waals surface area contributed by atoms with Crippen molar-refractivity contribution in [2.75, 3.05) is 11.9 Å². The van der Waals surface area contributed by atoms with E-state index in [-0.39, 0.29) is 5.56 Å². The topological polar surface area (TPSA) is 75.1 Å². The number of rotatable bonds is 4. The SMILES string of the molecule is CC1CC1CNc1ncnc2cc(C(=O)O)ccc12. The summed E-state index contributed by atoms with van der Waals surface area (Å²) in [4.78, 5) is 19.3. The first-order chi connectivity index (χ1) is 9.15. The summed E-state index contributed by atoms with van der Waals surface area (Å²) in [6.07, 6.45) is 2.73. The number of aromatic nitrogens is 2. The summed E-state index contributed by atoms with van der Waals surface area (Å²) in [5, 5.41) is 13.2. The van der Waals surface area contributed by atoms with E-state index in [4.69, 9.17) is 5.11 Å². The Bertz CT molecular complexity index is 642. The van der Waals surface area contributed by atoms with Gasteiger partial charge in [0.25, 0.3) is 0 Å². The quantitative estimate of drug-likeness (QED) is 0.879. The number of nitrogens with zero attached hydrogens (tertiary/aromatic N) is 2. The molecule has 2 unspecified atom stereocenters. The van der Waals surface area contributed by atoms with Crippen molar-refractivity contribution in [2.45, 2.75) is 13.3 Å². The zero-order chi connectivity index (χ0) is 13.4. The molecule has 2 N–H and O–H groups in total. The van der Waals surface area contributed by atoms with Crippen LogP contribution in [0.1, 0.15) is 23.7 Å². The van der Waals surface area contributed by atoms with Crippen molar-refractivity contribution in [1.29, 1.82) is 0 Å². The van der Waals surface area contributed by atoms with Gasteiger partial charge in [-0.25, -0.2) is 14.8 Å². The molecule has 1 aliphatic rings. The third-order valence-electron chi connectivity index (χ3n) is 3.69. The number of nitrogens with one attached hydrogen (secondary N) is 1. The number of aromatic carboxylic acids is 1. The molecule has 0 amide bonds. The van der Waals surface area contributed by atoms with Crippen molar-refractivity contribution in [2.24, 2.45) is 11.8 Å². The fourth-order valence-corrected chi connectivity index (χ4v) is 2.24. The molecule has 0 saturated heterocycles. The van der Waals surface area contributed by atoms with E-state index in [9.17, 15) is 4.79 Å². The van der Waals surface area contributed by atoms with Crippen molar-refractivity contribution in [3.8, 4) is 0 Å². The standard InChI is InChI=1S/C14H15N3O2/c1-8-4-10(8)6-15-13-11-3-2-9(14(18)19)5-12(11)16-7-17-13/h2-3,5,7-8,10H,4,6H2,1H3,(H,18,19)(H,15,16,17). The van der Waals surface area contributed by atoms with E-state index in [1.54, 1.807) is 18.2 Å². The van der Waals surface area contributed by atoms with Gasteiger partial charge in [0.15, 0.2) is 0 Å². The molecular weight excluding hydrogens is 242 g/mol. The Morgan fingerprint density at radius 1 is 1.47 bits per heavy atom. The van der Waals surface area contributed by atoms with Crippen LogP contribution in [0.5, 0.6) is 0 Å². The maximum absolute atomic E-state index is 10.9. The Morgan fingerprint density at radius 2 is 2.26 bits per heavy atom. The van der Waals surface area contributed by atoms with Gasteiger partial charge in [-0.3, -0.25) is 0 Å². The minimum absolute atomic E-state index is 0.243. The molecule has 2 aromatic rings. The summed E-state index contributed by atoms with van der Waals surface area (Å²) in [6, 6.07) is 4.92. The highest BCUT2D eigenvalue weighted by Crippen LogP contribution is 2.37. The number of fused-ring (bicyclic) bond motifs is 1. The van der Waals surface area contributed by atoms with Gasteiger partial charge in [-0.1, -0.05) is 6.92 Å². The Balaban J connectivity index is 1.89. The highest BCUT2D eigenvalue weighted by atomic mass is 16.4. The Kier molecular flexibility index (Phi) is 2.81. The zero-order valence-electron chi connectivity index (χ0n) is 10.6. The van der Waals surface area contributed by atoms with Crippen LogP contribution in [0, 0.1) is 11.8 Å². The second-order valence-corrected chi connectivity index (χ2v) is 5.11. The minimum atomic E-state index is -0.943. The normalized spacial score (nSPS) is 21.3. The Morgan fingerprint density at radius 3 is 2.95 bits per heavy atom. The summed E-state index contributed by atoms with van der Waals surface area (Å²) in [6.45, 7) is 3.15. The van der Waals surface area contributed by atoms with Crippen LogP contribution in [0.25, 0.3) is 10.9 Å². The molecule has 1 saturated carbocycles. The molecule has 3 rings (SSSR count). The van der Waals surface area contributed by atoms with Gasteiger partial charge in [0.05, 0.1) is 11.1 Å². The molecule has 0 aliphatic heterocycles. The molecule has 5 heteroatoms. The monoisotopic (exact) mass is 257 g/mol. The molecule has 5 nitrogen and oxygen atoms in total. The van der Waals surface area contributed by atoms with Crippen molar-refractivity contribution >= 4 is 22.7 Å². The van der Waals surface area contributed by atoms with Gasteiger partial charge < -0.3 is 10.4 Å². The van der Waals surface area contributed by atoms with E-state index in [1.807, 2.05) is 0 Å². The van der Waals surface area contributed by atoms with Crippen molar-refractivity contribution in [3.05, 3.63) is 30.1 Å². The first-order valence-electron chi connectivity index (χ1n) is 6.37. The third kappa shape index (κ3) is 2.36. The van der Waals surface area contributed by atoms with Crippen LogP contribution in [-0.4, -0.2) is 27.6 Å². The lowest BCUT2D eigenvalue weighted by Crippen LogP contribution is -2.07. The van der Waals surface area contributed by atoms with Crippen LogP contribution >= 0.6 is 0 Å². The number of anilines is 1. The predicted octanol–water partition coefficient (Wildman–Crippen LogP) is 2.40. The molecule has 1 aromatic carbocycles. The molecule has 2 atom stereocenters. The van der Waals surface area contributed by atoms with Crippen LogP contribution in [-0.2, 0) is 0 Å². The van der Waals surface area contributed by atoms with Gasteiger partial charge in [0.1, 0.15) is 12.1 Å². The molecule has 1 aliphatic carbocycles. The van der Waals surface area contributed by atoms with Gasteiger partial charge >= 0.3 is 5.97 Å². The average Bonchev–Trinajstić information content (AvgIpc) is 3.11. The van der Waals surface area contributed by atoms with Crippen molar-refractivity contribution in [3.63, 3.8) is 0 Å². The first-order valence-corrected chi connectivity index (χ1v) is 6.37. The van der Waals surface area contributed by atoms with E-state index in [2.05, 4.69) is 22.2 Å². The summed E-state index contributed by atoms with van der Waals surface area (Å²) < 4.78 is 0. The molecule has 0 bridgehead atoms. The molecule has 1 aromatic heterocycles. The van der Waals surface area contributed by atoms with E-state index in [0.717, 1.165) is 29.6 Å². The van der Waals surface area contributed by atoms with Gasteiger partial charge in [-0.05, 0) is 36.5 Å². The molecule has 1 heterocycles. The maximum Gasteiger partial charge on any atom is 0.335 e. The Hall–Kier alpha value is -2.17. The summed E-state index contributed by atoms with van der Waals surface area (Å²) in [5.41, 5.74) is 0.897.